The molecule has 0 aromatic rings. The molecule has 8 heavy (non-hydrogen) atoms. The van der Waals surface area contributed by atoms with Gasteiger partial charge in [0.1, 0.15) is 0 Å². The highest BCUT2D eigenvalue weighted by molar-refractivity contribution is 8.93. The van der Waals surface area contributed by atoms with Crippen molar-refractivity contribution in [2.24, 2.45) is 10.1 Å². The third-order valence-electron chi connectivity index (χ3n) is 0.537. The maximum absolute atomic E-state index is 3.75. The van der Waals surface area contributed by atoms with Gasteiger partial charge in [0.25, 0.3) is 0 Å². The quantitative estimate of drug-likeness (QED) is 0.579. The lowest BCUT2D eigenvalue weighted by Crippen LogP contribution is -1.90. The molecule has 0 amide bonds. The van der Waals surface area contributed by atoms with Crippen LogP contribution in [0.15, 0.2) is 22.5 Å². The Morgan fingerprint density at radius 3 is 3.00 bits per heavy atom. The van der Waals surface area contributed by atoms with Gasteiger partial charge < -0.3 is 0 Å². The van der Waals surface area contributed by atoms with Crippen LogP contribution in [0.2, 0.25) is 0 Å². The van der Waals surface area contributed by atoms with E-state index in [4.69, 9.17) is 0 Å². The standard InChI is InChI=1S/C4H5N3.BrH/c1-3-6-7-4-2-5-1;/h1-4,6H;1H. The van der Waals surface area contributed by atoms with Crippen LogP contribution in [0.1, 0.15) is 0 Å². The van der Waals surface area contributed by atoms with Gasteiger partial charge in [0.15, 0.2) is 0 Å². The first-order valence-corrected chi connectivity index (χ1v) is 1.95. The topological polar surface area (TPSA) is 36.8 Å². The third-order valence-corrected chi connectivity index (χ3v) is 0.537. The molecule has 3 nitrogen and oxygen atoms in total. The second-order valence-electron chi connectivity index (χ2n) is 1.02. The summed E-state index contributed by atoms with van der Waals surface area (Å²) in [6.07, 6.45) is 6.48. The minimum atomic E-state index is 0. The number of hydrogen-bond donors (Lipinski definition) is 1. The maximum atomic E-state index is 3.75. The van der Waals surface area contributed by atoms with E-state index in [0.29, 0.717) is 0 Å². The Balaban J connectivity index is 0.000000490. The van der Waals surface area contributed by atoms with E-state index in [1.807, 2.05) is 0 Å². The predicted molar refractivity (Wildman–Crippen MR) is 39.6 cm³/mol. The summed E-state index contributed by atoms with van der Waals surface area (Å²) in [5, 5.41) is 3.66. The van der Waals surface area contributed by atoms with Crippen molar-refractivity contribution in [2.45, 2.75) is 0 Å². The van der Waals surface area contributed by atoms with Gasteiger partial charge in [-0.3, -0.25) is 10.4 Å². The first-order valence-electron chi connectivity index (χ1n) is 1.95. The molecule has 0 fully saturated rings. The molecular weight excluding hydrogens is 170 g/mol. The molecule has 4 heteroatoms. The van der Waals surface area contributed by atoms with E-state index in [9.17, 15) is 0 Å². The molecule has 0 aliphatic carbocycles. The van der Waals surface area contributed by atoms with Crippen molar-refractivity contribution in [2.75, 3.05) is 0 Å². The van der Waals surface area contributed by atoms with Crippen LogP contribution in [0.25, 0.3) is 0 Å². The van der Waals surface area contributed by atoms with Crippen LogP contribution in [-0.2, 0) is 0 Å². The van der Waals surface area contributed by atoms with E-state index >= 15 is 0 Å². The molecule has 0 spiro atoms. The smallest absolute Gasteiger partial charge is 0.0654 e. The average Bonchev–Trinajstić information content (AvgIpc) is 1.90. The van der Waals surface area contributed by atoms with E-state index in [-0.39, 0.29) is 17.0 Å². The molecule has 0 aromatic heterocycles. The molecule has 0 atom stereocenters. The molecule has 1 rings (SSSR count). The zero-order valence-electron chi connectivity index (χ0n) is 4.11. The summed E-state index contributed by atoms with van der Waals surface area (Å²) in [5.74, 6) is 0. The highest BCUT2D eigenvalue weighted by Gasteiger charge is 1.68. The zero-order chi connectivity index (χ0) is 4.95. The van der Waals surface area contributed by atoms with Crippen molar-refractivity contribution in [1.82, 2.24) is 5.43 Å². The van der Waals surface area contributed by atoms with Crippen LogP contribution in [-0.4, -0.2) is 12.4 Å². The lowest BCUT2D eigenvalue weighted by Gasteiger charge is -1.78. The number of rotatable bonds is 0. The summed E-state index contributed by atoms with van der Waals surface area (Å²) in [5.41, 5.74) is 2.61. The van der Waals surface area contributed by atoms with Crippen molar-refractivity contribution in [3.05, 3.63) is 12.4 Å². The molecular formula is C4H6BrN3. The van der Waals surface area contributed by atoms with E-state index in [1.54, 1.807) is 24.8 Å². The Labute approximate surface area is 58.0 Å². The Hall–Kier alpha value is -0.640. The van der Waals surface area contributed by atoms with E-state index in [2.05, 4.69) is 15.5 Å². The van der Waals surface area contributed by atoms with Gasteiger partial charge in [0.2, 0.25) is 0 Å². The maximum Gasteiger partial charge on any atom is 0.0654 e. The van der Waals surface area contributed by atoms with Crippen LogP contribution >= 0.6 is 17.0 Å². The first-order chi connectivity index (χ1) is 3.50. The Morgan fingerprint density at radius 2 is 2.12 bits per heavy atom. The lowest BCUT2D eigenvalue weighted by molar-refractivity contribution is 0.978. The predicted octanol–water partition coefficient (Wildman–Crippen LogP) is 0.695. The molecule has 0 radical (unpaired) electrons. The third kappa shape index (κ3) is 2.52. The minimum absolute atomic E-state index is 0. The zero-order valence-corrected chi connectivity index (χ0v) is 5.83. The van der Waals surface area contributed by atoms with Gasteiger partial charge in [-0.25, -0.2) is 0 Å². The second-order valence-corrected chi connectivity index (χ2v) is 1.02. The lowest BCUT2D eigenvalue weighted by atomic mass is 10.8. The van der Waals surface area contributed by atoms with Crippen molar-refractivity contribution in [3.63, 3.8) is 0 Å². The van der Waals surface area contributed by atoms with Gasteiger partial charge in [-0.2, -0.15) is 5.10 Å². The van der Waals surface area contributed by atoms with Gasteiger partial charge in [0, 0.05) is 18.6 Å². The summed E-state index contributed by atoms with van der Waals surface area (Å²) in [7, 11) is 0. The van der Waals surface area contributed by atoms with E-state index in [0.717, 1.165) is 0 Å². The minimum Gasteiger partial charge on any atom is -0.284 e. The Bertz CT molecular complexity index is 113. The summed E-state index contributed by atoms with van der Waals surface area (Å²) in [4.78, 5) is 3.75. The van der Waals surface area contributed by atoms with Crippen molar-refractivity contribution in [1.29, 1.82) is 0 Å². The normalized spacial score (nSPS) is 14.0. The summed E-state index contributed by atoms with van der Waals surface area (Å²) < 4.78 is 0. The molecule has 0 saturated heterocycles. The van der Waals surface area contributed by atoms with Crippen LogP contribution in [0.5, 0.6) is 0 Å². The van der Waals surface area contributed by atoms with Gasteiger partial charge >= 0.3 is 0 Å². The molecule has 44 valence electrons. The van der Waals surface area contributed by atoms with E-state index < -0.39 is 0 Å². The summed E-state index contributed by atoms with van der Waals surface area (Å²) in [6, 6.07) is 0. The molecule has 1 N–H and O–H groups in total. The molecule has 1 aliphatic heterocycles. The fourth-order valence-corrected chi connectivity index (χ4v) is 0.284. The molecule has 1 aliphatic rings. The van der Waals surface area contributed by atoms with Gasteiger partial charge in [-0.1, -0.05) is 0 Å². The molecule has 0 bridgehead atoms. The first kappa shape index (κ1) is 7.36. The highest BCUT2D eigenvalue weighted by Crippen LogP contribution is 1.71. The van der Waals surface area contributed by atoms with E-state index in [1.165, 1.54) is 0 Å². The number of halogens is 1. The Kier molecular flexibility index (Phi) is 4.16. The Morgan fingerprint density at radius 1 is 1.25 bits per heavy atom. The van der Waals surface area contributed by atoms with Gasteiger partial charge in [0.05, 0.1) is 6.21 Å². The van der Waals surface area contributed by atoms with Crippen LogP contribution in [0, 0.1) is 0 Å². The fraction of sp³-hybridized carbons (Fsp3) is 0. The van der Waals surface area contributed by atoms with Crippen LogP contribution in [0.3, 0.4) is 0 Å². The van der Waals surface area contributed by atoms with Crippen molar-refractivity contribution in [3.8, 4) is 0 Å². The monoisotopic (exact) mass is 175 g/mol. The average molecular weight is 176 g/mol. The number of hydrogen-bond acceptors (Lipinski definition) is 3. The highest BCUT2D eigenvalue weighted by atomic mass is 79.9. The summed E-state index contributed by atoms with van der Waals surface area (Å²) >= 11 is 0. The van der Waals surface area contributed by atoms with Crippen molar-refractivity contribution >= 4 is 29.4 Å². The SMILES string of the molecule is Br.C1=CNN=CC=N1. The van der Waals surface area contributed by atoms with Crippen LogP contribution < -0.4 is 5.43 Å². The largest absolute Gasteiger partial charge is 0.284 e. The summed E-state index contributed by atoms with van der Waals surface area (Å²) in [6.45, 7) is 0. The number of nitrogens with one attached hydrogen (secondary N) is 1. The molecule has 0 unspecified atom stereocenters. The molecule has 0 aromatic carbocycles. The number of nitrogens with zero attached hydrogens (tertiary/aromatic N) is 2. The fourth-order valence-electron chi connectivity index (χ4n) is 0.284. The molecule has 1 heterocycles. The number of aliphatic imine (C=N–C) groups is 1. The molecule has 0 saturated carbocycles. The number of hydrazone groups is 1. The van der Waals surface area contributed by atoms with Crippen LogP contribution in [0.4, 0.5) is 0 Å². The van der Waals surface area contributed by atoms with Crippen molar-refractivity contribution < 1.29 is 0 Å². The van der Waals surface area contributed by atoms with Gasteiger partial charge in [-0.05, 0) is 0 Å². The second kappa shape index (κ2) is 4.52. The van der Waals surface area contributed by atoms with Gasteiger partial charge in [-0.15, -0.1) is 17.0 Å².